The van der Waals surface area contributed by atoms with Gasteiger partial charge < -0.3 is 21.1 Å². The van der Waals surface area contributed by atoms with Gasteiger partial charge in [0.25, 0.3) is 0 Å². The van der Waals surface area contributed by atoms with E-state index in [-0.39, 0.29) is 30.5 Å². The first-order valence-electron chi connectivity index (χ1n) is 4.76. The van der Waals surface area contributed by atoms with E-state index < -0.39 is 11.5 Å². The molecule has 0 amide bonds. The molecule has 1 atom stereocenters. The molecule has 0 aromatic heterocycles. The smallest absolute Gasteiger partial charge is 0.119 e. The van der Waals surface area contributed by atoms with Crippen LogP contribution in [-0.2, 0) is 0 Å². The Morgan fingerprint density at radius 2 is 1.62 bits per heavy atom. The molecule has 0 radical (unpaired) electrons. The summed E-state index contributed by atoms with van der Waals surface area (Å²) in [6, 6.07) is 3.77. The first-order valence-corrected chi connectivity index (χ1v) is 4.76. The number of benzene rings is 1. The molecule has 1 aromatic rings. The minimum atomic E-state index is -0.500. The van der Waals surface area contributed by atoms with Crippen LogP contribution < -0.4 is 5.73 Å². The summed E-state index contributed by atoms with van der Waals surface area (Å²) in [5, 5.41) is 27.8. The van der Waals surface area contributed by atoms with Crippen LogP contribution in [-0.4, -0.2) is 21.9 Å². The van der Waals surface area contributed by atoms with E-state index in [9.17, 15) is 10.2 Å². The Morgan fingerprint density at radius 3 is 2.00 bits per heavy atom. The van der Waals surface area contributed by atoms with Crippen LogP contribution in [0.4, 0.5) is 0 Å². The number of halogens is 1. The van der Waals surface area contributed by atoms with Gasteiger partial charge in [-0.3, -0.25) is 0 Å². The molecule has 0 spiro atoms. The number of hydrogen-bond acceptors (Lipinski definition) is 4. The second-order valence-corrected chi connectivity index (χ2v) is 4.41. The largest absolute Gasteiger partial charge is 0.508 e. The van der Waals surface area contributed by atoms with Crippen LogP contribution in [0.1, 0.15) is 25.5 Å². The molecule has 0 unspecified atom stereocenters. The number of aliphatic hydroxyl groups is 1. The Hall–Kier alpha value is -0.970. The van der Waals surface area contributed by atoms with Crippen molar-refractivity contribution >= 4 is 12.4 Å². The highest BCUT2D eigenvalue weighted by molar-refractivity contribution is 5.85. The minimum Gasteiger partial charge on any atom is -0.508 e. The predicted molar refractivity (Wildman–Crippen MR) is 64.8 cm³/mol. The van der Waals surface area contributed by atoms with E-state index in [1.54, 1.807) is 0 Å². The Labute approximate surface area is 101 Å². The van der Waals surface area contributed by atoms with Crippen LogP contribution in [0.15, 0.2) is 18.2 Å². The Balaban J connectivity index is 0.00000225. The third kappa shape index (κ3) is 3.27. The third-order valence-electron chi connectivity index (χ3n) is 2.53. The molecule has 0 bridgehead atoms. The lowest BCUT2D eigenvalue weighted by molar-refractivity contribution is 0.132. The molecule has 0 saturated carbocycles. The molecule has 4 nitrogen and oxygen atoms in total. The lowest BCUT2D eigenvalue weighted by atomic mass is 9.82. The number of aromatic hydroxyl groups is 2. The summed E-state index contributed by atoms with van der Waals surface area (Å²) in [7, 11) is 0. The molecule has 1 aromatic carbocycles. The standard InChI is InChI=1S/C11H17NO3.ClH/c1-11(2,6-13)10(12)7-3-8(14)5-9(15)4-7;/h3-5,10,13-15H,6,12H2,1-2H3;1H/t10-;/m0./s1. The maximum absolute atomic E-state index is 9.30. The summed E-state index contributed by atoms with van der Waals surface area (Å²) in [4.78, 5) is 0. The van der Waals surface area contributed by atoms with Gasteiger partial charge in [-0.25, -0.2) is 0 Å². The molecule has 5 heteroatoms. The summed E-state index contributed by atoms with van der Waals surface area (Å²) in [6.07, 6.45) is 0. The fourth-order valence-corrected chi connectivity index (χ4v) is 1.35. The van der Waals surface area contributed by atoms with Gasteiger partial charge in [0, 0.05) is 24.1 Å². The van der Waals surface area contributed by atoms with Gasteiger partial charge in [-0.05, 0) is 17.7 Å². The molecule has 0 heterocycles. The number of hydrogen-bond donors (Lipinski definition) is 4. The molecular formula is C11H18ClNO3. The zero-order valence-electron chi connectivity index (χ0n) is 9.34. The lowest BCUT2D eigenvalue weighted by Crippen LogP contribution is -2.32. The zero-order chi connectivity index (χ0) is 11.6. The van der Waals surface area contributed by atoms with Gasteiger partial charge in [0.05, 0.1) is 0 Å². The Morgan fingerprint density at radius 1 is 1.19 bits per heavy atom. The van der Waals surface area contributed by atoms with Crippen LogP contribution in [0.3, 0.4) is 0 Å². The van der Waals surface area contributed by atoms with E-state index in [0.717, 1.165) is 0 Å². The van der Waals surface area contributed by atoms with E-state index in [1.165, 1.54) is 18.2 Å². The van der Waals surface area contributed by atoms with Gasteiger partial charge in [0.2, 0.25) is 0 Å². The first kappa shape index (κ1) is 15.0. The summed E-state index contributed by atoms with van der Waals surface area (Å²) in [5.74, 6) is -0.0663. The molecule has 16 heavy (non-hydrogen) atoms. The fraction of sp³-hybridized carbons (Fsp3) is 0.455. The van der Waals surface area contributed by atoms with Crippen molar-refractivity contribution in [1.82, 2.24) is 0 Å². The molecular weight excluding hydrogens is 230 g/mol. The summed E-state index contributed by atoms with van der Waals surface area (Å²) in [5.41, 5.74) is 6.04. The van der Waals surface area contributed by atoms with Crippen molar-refractivity contribution in [2.75, 3.05) is 6.61 Å². The van der Waals surface area contributed by atoms with Crippen molar-refractivity contribution in [3.8, 4) is 11.5 Å². The number of nitrogens with two attached hydrogens (primary N) is 1. The molecule has 0 aliphatic carbocycles. The topological polar surface area (TPSA) is 86.7 Å². The van der Waals surface area contributed by atoms with E-state index in [4.69, 9.17) is 10.8 Å². The van der Waals surface area contributed by atoms with Crippen molar-refractivity contribution < 1.29 is 15.3 Å². The van der Waals surface area contributed by atoms with Crippen LogP contribution in [0.25, 0.3) is 0 Å². The fourth-order valence-electron chi connectivity index (χ4n) is 1.35. The molecule has 92 valence electrons. The SMILES string of the molecule is CC(C)(CO)[C@@H](N)c1cc(O)cc(O)c1.Cl. The van der Waals surface area contributed by atoms with Crippen molar-refractivity contribution in [3.63, 3.8) is 0 Å². The van der Waals surface area contributed by atoms with Gasteiger partial charge in [-0.2, -0.15) is 0 Å². The number of rotatable bonds is 3. The van der Waals surface area contributed by atoms with Crippen molar-refractivity contribution in [3.05, 3.63) is 23.8 Å². The van der Waals surface area contributed by atoms with Crippen LogP contribution >= 0.6 is 12.4 Å². The third-order valence-corrected chi connectivity index (χ3v) is 2.53. The molecule has 1 rings (SSSR count). The summed E-state index contributed by atoms with van der Waals surface area (Å²) >= 11 is 0. The van der Waals surface area contributed by atoms with Crippen molar-refractivity contribution in [1.29, 1.82) is 0 Å². The Bertz CT molecular complexity index is 335. The highest BCUT2D eigenvalue weighted by Gasteiger charge is 2.27. The van der Waals surface area contributed by atoms with Crippen LogP contribution in [0.5, 0.6) is 11.5 Å². The maximum Gasteiger partial charge on any atom is 0.119 e. The van der Waals surface area contributed by atoms with E-state index in [0.29, 0.717) is 5.56 Å². The quantitative estimate of drug-likeness (QED) is 0.653. The minimum absolute atomic E-state index is 0. The highest BCUT2D eigenvalue weighted by Crippen LogP contribution is 2.33. The van der Waals surface area contributed by atoms with Gasteiger partial charge in [0.1, 0.15) is 11.5 Å². The second-order valence-electron chi connectivity index (χ2n) is 4.41. The maximum atomic E-state index is 9.30. The second kappa shape index (κ2) is 5.39. The molecule has 0 aliphatic rings. The van der Waals surface area contributed by atoms with Gasteiger partial charge in [-0.15, -0.1) is 12.4 Å². The van der Waals surface area contributed by atoms with Crippen molar-refractivity contribution in [2.45, 2.75) is 19.9 Å². The number of phenolic OH excluding ortho intramolecular Hbond substituents is 2. The molecule has 0 fully saturated rings. The summed E-state index contributed by atoms with van der Waals surface area (Å²) in [6.45, 7) is 3.57. The van der Waals surface area contributed by atoms with Gasteiger partial charge >= 0.3 is 0 Å². The van der Waals surface area contributed by atoms with Gasteiger partial charge in [-0.1, -0.05) is 13.8 Å². The van der Waals surface area contributed by atoms with E-state index in [2.05, 4.69) is 0 Å². The molecule has 0 saturated heterocycles. The van der Waals surface area contributed by atoms with E-state index in [1.807, 2.05) is 13.8 Å². The average Bonchev–Trinajstić information content (AvgIpc) is 2.15. The molecule has 5 N–H and O–H groups in total. The lowest BCUT2D eigenvalue weighted by Gasteiger charge is -2.29. The Kier molecular flexibility index (Phi) is 5.06. The monoisotopic (exact) mass is 247 g/mol. The van der Waals surface area contributed by atoms with E-state index >= 15 is 0 Å². The van der Waals surface area contributed by atoms with Crippen molar-refractivity contribution in [2.24, 2.45) is 11.1 Å². The first-order chi connectivity index (χ1) is 6.86. The zero-order valence-corrected chi connectivity index (χ0v) is 10.2. The normalized spacial score (nSPS) is 13.0. The van der Waals surface area contributed by atoms with Crippen LogP contribution in [0, 0.1) is 5.41 Å². The highest BCUT2D eigenvalue weighted by atomic mass is 35.5. The van der Waals surface area contributed by atoms with Gasteiger partial charge in [0.15, 0.2) is 0 Å². The summed E-state index contributed by atoms with van der Waals surface area (Å²) < 4.78 is 0. The number of aliphatic hydroxyl groups excluding tert-OH is 1. The predicted octanol–water partition coefficient (Wildman–Crippen LogP) is 1.54. The number of phenols is 2. The average molecular weight is 248 g/mol. The molecule has 0 aliphatic heterocycles. The van der Waals surface area contributed by atoms with Crippen LogP contribution in [0.2, 0.25) is 0 Å².